The van der Waals surface area contributed by atoms with Gasteiger partial charge in [-0.15, -0.1) is 0 Å². The van der Waals surface area contributed by atoms with E-state index in [9.17, 15) is 4.79 Å². The van der Waals surface area contributed by atoms with E-state index in [1.165, 1.54) is 6.20 Å². The van der Waals surface area contributed by atoms with Crippen LogP contribution in [-0.2, 0) is 0 Å². The number of amides is 1. The van der Waals surface area contributed by atoms with E-state index in [2.05, 4.69) is 20.7 Å². The predicted molar refractivity (Wildman–Crippen MR) is 117 cm³/mol. The number of aromatic nitrogens is 4. The number of halogens is 1. The van der Waals surface area contributed by atoms with Crippen molar-refractivity contribution < 1.29 is 4.79 Å². The Morgan fingerprint density at radius 2 is 2.00 bits per heavy atom. The summed E-state index contributed by atoms with van der Waals surface area (Å²) >= 11 is 6.36. The monoisotopic (exact) mass is 404 g/mol. The molecule has 1 amide bonds. The minimum absolute atomic E-state index is 0.161. The quantitative estimate of drug-likeness (QED) is 0.376. The second-order valence-electron chi connectivity index (χ2n) is 6.49. The molecule has 0 atom stereocenters. The lowest BCUT2D eigenvalue weighted by Crippen LogP contribution is -2.29. The molecule has 0 fully saturated rings. The third-order valence-electron chi connectivity index (χ3n) is 4.44. The Labute approximate surface area is 173 Å². The third-order valence-corrected chi connectivity index (χ3v) is 4.77. The van der Waals surface area contributed by atoms with Gasteiger partial charge in [0.2, 0.25) is 0 Å². The van der Waals surface area contributed by atoms with Crippen molar-refractivity contribution in [2.45, 2.75) is 0 Å². The van der Waals surface area contributed by atoms with Gasteiger partial charge in [0.05, 0.1) is 11.3 Å². The van der Waals surface area contributed by atoms with E-state index in [-0.39, 0.29) is 5.91 Å². The lowest BCUT2D eigenvalue weighted by molar-refractivity contribution is 0.0955. The number of rotatable bonds is 6. The van der Waals surface area contributed by atoms with Crippen LogP contribution in [0, 0.1) is 0 Å². The van der Waals surface area contributed by atoms with Gasteiger partial charge in [0.15, 0.2) is 5.65 Å². The van der Waals surface area contributed by atoms with Gasteiger partial charge in [0.1, 0.15) is 13.7 Å². The first-order valence-corrected chi connectivity index (χ1v) is 9.53. The van der Waals surface area contributed by atoms with Crippen molar-refractivity contribution in [3.63, 3.8) is 0 Å². The molecule has 29 heavy (non-hydrogen) atoms. The minimum Gasteiger partial charge on any atom is -0.368 e. The Bertz CT molecular complexity index is 1160. The Morgan fingerprint density at radius 3 is 2.79 bits per heavy atom. The molecule has 0 radical (unpaired) electrons. The summed E-state index contributed by atoms with van der Waals surface area (Å²) in [5.74, 6) is 0.611. The normalized spacial score (nSPS) is 10.8. The van der Waals surface area contributed by atoms with Gasteiger partial charge in [-0.25, -0.2) is 4.98 Å². The van der Waals surface area contributed by atoms with Crippen molar-refractivity contribution in [2.24, 2.45) is 0 Å². The third kappa shape index (κ3) is 4.07. The molecule has 3 aromatic heterocycles. The lowest BCUT2D eigenvalue weighted by Gasteiger charge is -2.12. The van der Waals surface area contributed by atoms with Gasteiger partial charge in [0, 0.05) is 48.3 Å². The number of anilines is 1. The first-order valence-electron chi connectivity index (χ1n) is 9.16. The van der Waals surface area contributed by atoms with Crippen LogP contribution >= 0.6 is 11.6 Å². The Morgan fingerprint density at radius 1 is 1.14 bits per heavy atom. The van der Waals surface area contributed by atoms with Crippen LogP contribution in [0.5, 0.6) is 0 Å². The van der Waals surface area contributed by atoms with E-state index in [0.29, 0.717) is 23.7 Å². The molecule has 144 valence electrons. The highest BCUT2D eigenvalue weighted by Crippen LogP contribution is 2.28. The van der Waals surface area contributed by atoms with E-state index in [0.717, 1.165) is 28.2 Å². The number of carbonyl (C=O) groups is 1. The van der Waals surface area contributed by atoms with Crippen LogP contribution < -0.4 is 16.1 Å². The summed E-state index contributed by atoms with van der Waals surface area (Å²) < 4.78 is 1.75. The molecule has 0 aliphatic carbocycles. The Kier molecular flexibility index (Phi) is 5.44. The molecule has 0 bridgehead atoms. The van der Waals surface area contributed by atoms with Gasteiger partial charge in [-0.3, -0.25) is 9.78 Å². The van der Waals surface area contributed by atoms with Crippen molar-refractivity contribution in [1.82, 2.24) is 24.9 Å². The highest BCUT2D eigenvalue weighted by Gasteiger charge is 2.12. The number of hydrogen-bond acceptors (Lipinski definition) is 5. The highest BCUT2D eigenvalue weighted by molar-refractivity contribution is 6.36. The SMILES string of the molecule is Bc1cnn2c(NCCNC(=O)c3cccnc3)cc(-c3ccccc3Cl)nc12. The zero-order valence-corrected chi connectivity index (χ0v) is 16.5. The number of nitrogens with zero attached hydrogens (tertiary/aromatic N) is 4. The second kappa shape index (κ2) is 8.32. The van der Waals surface area contributed by atoms with E-state index in [1.807, 2.05) is 38.2 Å². The van der Waals surface area contributed by atoms with Gasteiger partial charge in [0.25, 0.3) is 5.91 Å². The van der Waals surface area contributed by atoms with Crippen LogP contribution in [0.25, 0.3) is 16.9 Å². The first kappa shape index (κ1) is 19.0. The predicted octanol–water partition coefficient (Wildman–Crippen LogP) is 1.55. The van der Waals surface area contributed by atoms with E-state index in [1.54, 1.807) is 29.0 Å². The standard InChI is InChI=1S/C20H18BClN6O/c21-15-12-26-28-18(24-8-9-25-20(29)13-4-3-7-23-11-13)10-17(27-19(15)28)14-5-1-2-6-16(14)22/h1-7,10-12,24H,8-9,21H2,(H,25,29). The number of pyridine rings is 1. The fourth-order valence-corrected chi connectivity index (χ4v) is 3.20. The second-order valence-corrected chi connectivity index (χ2v) is 6.90. The van der Waals surface area contributed by atoms with Gasteiger partial charge >= 0.3 is 0 Å². The number of carbonyl (C=O) groups excluding carboxylic acids is 1. The smallest absolute Gasteiger partial charge is 0.252 e. The summed E-state index contributed by atoms with van der Waals surface area (Å²) in [4.78, 5) is 20.8. The maximum Gasteiger partial charge on any atom is 0.252 e. The zero-order chi connectivity index (χ0) is 20.2. The molecule has 0 aliphatic heterocycles. The van der Waals surface area contributed by atoms with Crippen molar-refractivity contribution in [3.8, 4) is 11.3 Å². The van der Waals surface area contributed by atoms with Gasteiger partial charge < -0.3 is 10.6 Å². The molecule has 3 heterocycles. The maximum atomic E-state index is 12.1. The molecule has 9 heteroatoms. The minimum atomic E-state index is -0.161. The topological polar surface area (TPSA) is 84.2 Å². The summed E-state index contributed by atoms with van der Waals surface area (Å²) in [6, 6.07) is 13.0. The van der Waals surface area contributed by atoms with Crippen LogP contribution in [0.2, 0.25) is 5.02 Å². The maximum absolute atomic E-state index is 12.1. The van der Waals surface area contributed by atoms with Crippen LogP contribution in [0.3, 0.4) is 0 Å². The molecule has 0 unspecified atom stereocenters. The average molecular weight is 405 g/mol. The summed E-state index contributed by atoms with van der Waals surface area (Å²) in [6.45, 7) is 0.963. The van der Waals surface area contributed by atoms with Crippen molar-refractivity contribution in [2.75, 3.05) is 18.4 Å². The molecular weight excluding hydrogens is 387 g/mol. The molecule has 0 spiro atoms. The molecule has 4 aromatic rings. The van der Waals surface area contributed by atoms with Crippen LogP contribution in [0.15, 0.2) is 61.1 Å². The Balaban J connectivity index is 1.52. The number of benzene rings is 1. The number of nitrogens with one attached hydrogen (secondary N) is 2. The fraction of sp³-hybridized carbons (Fsp3) is 0.100. The highest BCUT2D eigenvalue weighted by atomic mass is 35.5. The summed E-state index contributed by atoms with van der Waals surface area (Å²) in [5.41, 5.74) is 3.86. The van der Waals surface area contributed by atoms with E-state index < -0.39 is 0 Å². The molecule has 2 N–H and O–H groups in total. The van der Waals surface area contributed by atoms with Gasteiger partial charge in [-0.1, -0.05) is 29.8 Å². The molecule has 1 aromatic carbocycles. The van der Waals surface area contributed by atoms with E-state index >= 15 is 0 Å². The average Bonchev–Trinajstić information content (AvgIpc) is 3.13. The van der Waals surface area contributed by atoms with E-state index in [4.69, 9.17) is 16.6 Å². The zero-order valence-electron chi connectivity index (χ0n) is 15.8. The molecule has 7 nitrogen and oxygen atoms in total. The number of hydrogen-bond donors (Lipinski definition) is 2. The molecule has 0 aliphatic rings. The summed E-state index contributed by atoms with van der Waals surface area (Å²) in [6.07, 6.45) is 4.95. The van der Waals surface area contributed by atoms with Crippen LogP contribution in [0.4, 0.5) is 5.82 Å². The summed E-state index contributed by atoms with van der Waals surface area (Å²) in [7, 11) is 1.96. The van der Waals surface area contributed by atoms with Crippen molar-refractivity contribution in [3.05, 3.63) is 71.6 Å². The molecular formula is C20H18BClN6O. The largest absolute Gasteiger partial charge is 0.368 e. The number of fused-ring (bicyclic) bond motifs is 1. The molecule has 4 rings (SSSR count). The fourth-order valence-electron chi connectivity index (χ4n) is 2.97. The van der Waals surface area contributed by atoms with Gasteiger partial charge in [-0.2, -0.15) is 9.61 Å². The van der Waals surface area contributed by atoms with Crippen molar-refractivity contribution in [1.29, 1.82) is 0 Å². The molecule has 0 saturated carbocycles. The Hall–Kier alpha value is -3.39. The lowest BCUT2D eigenvalue weighted by atomic mass is 10.0. The van der Waals surface area contributed by atoms with Crippen molar-refractivity contribution >= 4 is 42.3 Å². The van der Waals surface area contributed by atoms with Crippen LogP contribution in [0.1, 0.15) is 10.4 Å². The molecule has 0 saturated heterocycles. The van der Waals surface area contributed by atoms with Gasteiger partial charge in [-0.05, 0) is 23.7 Å². The summed E-state index contributed by atoms with van der Waals surface area (Å²) in [5, 5.41) is 11.2. The van der Waals surface area contributed by atoms with Crippen LogP contribution in [-0.4, -0.2) is 46.4 Å². The first-order chi connectivity index (χ1) is 14.1.